The van der Waals surface area contributed by atoms with Gasteiger partial charge in [-0.15, -0.1) is 0 Å². The number of rotatable bonds is 6. The van der Waals surface area contributed by atoms with E-state index >= 15 is 0 Å². The largest absolute Gasteiger partial charge is 0.450 e. The normalized spacial score (nSPS) is 11.8. The van der Waals surface area contributed by atoms with Gasteiger partial charge in [0.15, 0.2) is 6.54 Å². The number of carbonyl (C=O) groups is 2. The fourth-order valence-electron chi connectivity index (χ4n) is 1.82. The number of halogens is 2. The van der Waals surface area contributed by atoms with E-state index in [1.165, 1.54) is 0 Å². The molecule has 0 aliphatic heterocycles. The van der Waals surface area contributed by atoms with Gasteiger partial charge in [-0.25, -0.2) is 4.79 Å². The lowest BCUT2D eigenvalue weighted by Crippen LogP contribution is -3.11. The molecule has 0 spiro atoms. The Kier molecular flexibility index (Phi) is 7.50. The van der Waals surface area contributed by atoms with Crippen LogP contribution in [0.3, 0.4) is 0 Å². The van der Waals surface area contributed by atoms with Gasteiger partial charge in [0.05, 0.1) is 23.2 Å². The molecule has 0 radical (unpaired) electrons. The molecule has 0 fully saturated rings. The Morgan fingerprint density at radius 3 is 2.38 bits per heavy atom. The summed E-state index contributed by atoms with van der Waals surface area (Å²) in [6.07, 6.45) is -0.728. The first-order valence-electron chi connectivity index (χ1n) is 6.71. The van der Waals surface area contributed by atoms with E-state index in [1.54, 1.807) is 25.1 Å². The fraction of sp³-hybridized carbons (Fsp3) is 0.429. The van der Waals surface area contributed by atoms with E-state index in [0.29, 0.717) is 23.1 Å². The van der Waals surface area contributed by atoms with Gasteiger partial charge in [0, 0.05) is 5.56 Å². The third kappa shape index (κ3) is 5.91. The summed E-state index contributed by atoms with van der Waals surface area (Å²) in [5.41, 5.74) is 0.793. The molecule has 2 amide bonds. The summed E-state index contributed by atoms with van der Waals surface area (Å²) in [4.78, 5) is 23.9. The van der Waals surface area contributed by atoms with E-state index in [1.807, 2.05) is 6.92 Å². The molecule has 0 saturated heterocycles. The van der Waals surface area contributed by atoms with Crippen molar-refractivity contribution < 1.29 is 19.2 Å². The number of likely N-dealkylation sites (N-methyl/N-ethyl adjacent to an activating group) is 1. The monoisotopic (exact) mass is 333 g/mol. The van der Waals surface area contributed by atoms with E-state index in [-0.39, 0.29) is 13.2 Å². The lowest BCUT2D eigenvalue weighted by molar-refractivity contribution is -0.904. The van der Waals surface area contributed by atoms with Gasteiger partial charge in [0.1, 0.15) is 6.54 Å². The number of nitrogens with one attached hydrogen (secondary N) is 2. The molecule has 0 aliphatic rings. The van der Waals surface area contributed by atoms with Gasteiger partial charge in [0.2, 0.25) is 0 Å². The molecule has 21 heavy (non-hydrogen) atoms. The highest BCUT2D eigenvalue weighted by atomic mass is 35.5. The summed E-state index contributed by atoms with van der Waals surface area (Å²) in [5, 5.41) is 3.31. The number of amides is 2. The van der Waals surface area contributed by atoms with E-state index in [2.05, 4.69) is 10.1 Å². The second-order valence-electron chi connectivity index (χ2n) is 4.43. The summed E-state index contributed by atoms with van der Waals surface area (Å²) >= 11 is 12.2. The van der Waals surface area contributed by atoms with Crippen molar-refractivity contribution >= 4 is 35.2 Å². The van der Waals surface area contributed by atoms with E-state index < -0.39 is 12.0 Å². The molecule has 1 atom stereocenters. The number of alkyl carbamates (subject to hydrolysis) is 1. The van der Waals surface area contributed by atoms with Crippen LogP contribution in [0, 0.1) is 0 Å². The van der Waals surface area contributed by atoms with Crippen molar-refractivity contribution in [3.63, 3.8) is 0 Å². The highest BCUT2D eigenvalue weighted by Gasteiger charge is 2.18. The maximum absolute atomic E-state index is 11.8. The number of benzene rings is 1. The number of quaternary nitrogens is 1. The molecule has 1 aromatic rings. The molecular formula is C14H19Cl2N2O3+. The molecule has 1 unspecified atom stereocenters. The first kappa shape index (κ1) is 17.8. The lowest BCUT2D eigenvalue weighted by Gasteiger charge is -2.18. The molecule has 0 heterocycles. The van der Waals surface area contributed by atoms with Crippen molar-refractivity contribution in [2.45, 2.75) is 20.4 Å². The van der Waals surface area contributed by atoms with Crippen LogP contribution >= 0.6 is 23.2 Å². The number of ether oxygens (including phenoxy) is 1. The third-order valence-corrected chi connectivity index (χ3v) is 3.62. The highest BCUT2D eigenvalue weighted by molar-refractivity contribution is 6.35. The Balaban J connectivity index is 2.63. The van der Waals surface area contributed by atoms with Crippen LogP contribution in [-0.4, -0.2) is 31.7 Å². The first-order chi connectivity index (χ1) is 9.97. The van der Waals surface area contributed by atoms with E-state index in [9.17, 15) is 9.59 Å². The maximum atomic E-state index is 11.8. The van der Waals surface area contributed by atoms with Crippen LogP contribution in [-0.2, 0) is 16.1 Å². The van der Waals surface area contributed by atoms with Gasteiger partial charge in [-0.05, 0) is 26.0 Å². The Morgan fingerprint density at radius 1 is 1.24 bits per heavy atom. The summed E-state index contributed by atoms with van der Waals surface area (Å²) in [6, 6.07) is 5.29. The smallest absolute Gasteiger partial charge is 0.414 e. The summed E-state index contributed by atoms with van der Waals surface area (Å²) in [5.74, 6) is -0.395. The Hall–Kier alpha value is -1.30. The summed E-state index contributed by atoms with van der Waals surface area (Å²) < 4.78 is 4.66. The van der Waals surface area contributed by atoms with Gasteiger partial charge in [0.25, 0.3) is 5.91 Å². The molecule has 116 valence electrons. The standard InChI is InChI=1S/C14H18Cl2N2O3/c1-3-18(9-13(19)17-14(20)21-4-2)8-10-11(15)6-5-7-12(10)16/h5-7H,3-4,8-9H2,1-2H3,(H,17,19,20)/p+1. The van der Waals surface area contributed by atoms with Gasteiger partial charge in [-0.1, -0.05) is 29.3 Å². The Bertz CT molecular complexity index is 489. The minimum absolute atomic E-state index is 0.136. The summed E-state index contributed by atoms with van der Waals surface area (Å²) in [6.45, 7) is 5.17. The van der Waals surface area contributed by atoms with Crippen molar-refractivity contribution in [2.75, 3.05) is 19.7 Å². The number of hydrogen-bond acceptors (Lipinski definition) is 3. The van der Waals surface area contributed by atoms with Crippen LogP contribution in [0.2, 0.25) is 10.0 Å². The third-order valence-electron chi connectivity index (χ3n) is 2.92. The predicted octanol–water partition coefficient (Wildman–Crippen LogP) is 1.67. The number of hydrogen-bond donors (Lipinski definition) is 2. The molecule has 1 rings (SSSR count). The zero-order valence-corrected chi connectivity index (χ0v) is 13.6. The van der Waals surface area contributed by atoms with Crippen LogP contribution in [0.25, 0.3) is 0 Å². The second kappa shape index (κ2) is 8.87. The predicted molar refractivity (Wildman–Crippen MR) is 81.7 cm³/mol. The van der Waals surface area contributed by atoms with E-state index in [4.69, 9.17) is 23.2 Å². The van der Waals surface area contributed by atoms with Gasteiger partial charge >= 0.3 is 6.09 Å². The Labute approximate surface area is 134 Å². The molecule has 7 heteroatoms. The minimum Gasteiger partial charge on any atom is -0.450 e. The molecule has 0 aromatic heterocycles. The van der Waals surface area contributed by atoms with Crippen molar-refractivity contribution in [2.24, 2.45) is 0 Å². The van der Waals surface area contributed by atoms with Crippen molar-refractivity contribution in [3.05, 3.63) is 33.8 Å². The first-order valence-corrected chi connectivity index (χ1v) is 7.46. The van der Waals surface area contributed by atoms with E-state index in [0.717, 1.165) is 10.5 Å². The van der Waals surface area contributed by atoms with Gasteiger partial charge in [-0.2, -0.15) is 0 Å². The zero-order chi connectivity index (χ0) is 15.8. The van der Waals surface area contributed by atoms with Gasteiger partial charge in [-0.3, -0.25) is 10.1 Å². The molecular weight excluding hydrogens is 315 g/mol. The molecule has 2 N–H and O–H groups in total. The number of carbonyl (C=O) groups excluding carboxylic acids is 2. The second-order valence-corrected chi connectivity index (χ2v) is 5.24. The molecule has 5 nitrogen and oxygen atoms in total. The lowest BCUT2D eigenvalue weighted by atomic mass is 10.2. The minimum atomic E-state index is -0.728. The van der Waals surface area contributed by atoms with Gasteiger partial charge < -0.3 is 9.64 Å². The summed E-state index contributed by atoms with van der Waals surface area (Å²) in [7, 11) is 0. The van der Waals surface area contributed by atoms with Crippen LogP contribution in [0.4, 0.5) is 4.79 Å². The average molecular weight is 334 g/mol. The average Bonchev–Trinajstić information content (AvgIpc) is 2.41. The SMILES string of the molecule is CCOC(=O)NC(=O)C[NH+](CC)Cc1c(Cl)cccc1Cl. The van der Waals surface area contributed by atoms with Crippen LogP contribution < -0.4 is 10.2 Å². The number of imide groups is 1. The molecule has 0 saturated carbocycles. The van der Waals surface area contributed by atoms with Crippen LogP contribution in [0.15, 0.2) is 18.2 Å². The van der Waals surface area contributed by atoms with Crippen molar-refractivity contribution in [3.8, 4) is 0 Å². The molecule has 0 aliphatic carbocycles. The topological polar surface area (TPSA) is 59.8 Å². The van der Waals surface area contributed by atoms with Crippen molar-refractivity contribution in [1.29, 1.82) is 0 Å². The fourth-order valence-corrected chi connectivity index (χ4v) is 2.35. The molecule has 1 aromatic carbocycles. The highest BCUT2D eigenvalue weighted by Crippen LogP contribution is 2.23. The quantitative estimate of drug-likeness (QED) is 0.832. The van der Waals surface area contributed by atoms with Crippen LogP contribution in [0.5, 0.6) is 0 Å². The molecule has 0 bridgehead atoms. The Morgan fingerprint density at radius 2 is 1.86 bits per heavy atom. The van der Waals surface area contributed by atoms with Crippen LogP contribution in [0.1, 0.15) is 19.4 Å². The zero-order valence-electron chi connectivity index (χ0n) is 12.0. The maximum Gasteiger partial charge on any atom is 0.414 e. The van der Waals surface area contributed by atoms with Crippen molar-refractivity contribution in [1.82, 2.24) is 5.32 Å².